The van der Waals surface area contributed by atoms with Gasteiger partial charge in [0.25, 0.3) is 0 Å². The van der Waals surface area contributed by atoms with Crippen molar-refractivity contribution in [2.24, 2.45) is 11.3 Å². The number of carbonyl (C=O) groups is 2. The summed E-state index contributed by atoms with van der Waals surface area (Å²) in [7, 11) is 0. The third kappa shape index (κ3) is 5.01. The number of carbonyl (C=O) groups excluding carboxylic acids is 2. The van der Waals surface area contributed by atoms with Crippen LogP contribution in [0.3, 0.4) is 0 Å². The van der Waals surface area contributed by atoms with Crippen LogP contribution in [0.1, 0.15) is 47.5 Å². The quantitative estimate of drug-likeness (QED) is 0.569. The summed E-state index contributed by atoms with van der Waals surface area (Å²) in [6.45, 7) is 9.20. The molecule has 0 spiro atoms. The molecule has 1 unspecified atom stereocenters. The topological polar surface area (TPSA) is 34.1 Å². The Morgan fingerprint density at radius 3 is 1.93 bits per heavy atom. The summed E-state index contributed by atoms with van der Waals surface area (Å²) in [4.78, 5) is 23.1. The summed E-state index contributed by atoms with van der Waals surface area (Å²) in [6, 6.07) is 0. The average Bonchev–Trinajstić information content (AvgIpc) is 2.00. The van der Waals surface area contributed by atoms with Gasteiger partial charge in [0.2, 0.25) is 11.6 Å². The summed E-state index contributed by atoms with van der Waals surface area (Å²) >= 11 is 0. The van der Waals surface area contributed by atoms with E-state index in [2.05, 4.69) is 0 Å². The standard InChI is InChI=1S/C11H20O2.Ga/c1-6-7-8(2)9(12)10(13)11(3,4)5;/h8H,6-7H2,1-5H3;. The number of Topliss-reactive ketones (excluding diaryl/α,β-unsaturated/α-hetero) is 2. The summed E-state index contributed by atoms with van der Waals surface area (Å²) < 4.78 is 0. The second-order valence-corrected chi connectivity index (χ2v) is 4.63. The number of hydrogen-bond acceptors (Lipinski definition) is 2. The Morgan fingerprint density at radius 1 is 1.21 bits per heavy atom. The first-order chi connectivity index (χ1) is 5.80. The molecule has 0 saturated carbocycles. The molecule has 0 fully saturated rings. The monoisotopic (exact) mass is 253 g/mol. The molecule has 0 rings (SSSR count). The molecule has 3 radical (unpaired) electrons. The zero-order valence-corrected chi connectivity index (χ0v) is 12.3. The molecule has 1 atom stereocenters. The Bertz CT molecular complexity index is 204. The van der Waals surface area contributed by atoms with Crippen LogP contribution in [0.25, 0.3) is 0 Å². The average molecular weight is 254 g/mol. The van der Waals surface area contributed by atoms with Crippen molar-refractivity contribution < 1.29 is 9.59 Å². The summed E-state index contributed by atoms with van der Waals surface area (Å²) in [5, 5.41) is 0. The van der Waals surface area contributed by atoms with Crippen molar-refractivity contribution in [2.75, 3.05) is 0 Å². The van der Waals surface area contributed by atoms with E-state index in [4.69, 9.17) is 0 Å². The predicted molar refractivity (Wildman–Crippen MR) is 59.3 cm³/mol. The maximum absolute atomic E-state index is 11.5. The SMILES string of the molecule is CCCC(C)C(=O)C(=O)C(C)(C)C.[Ga]. The van der Waals surface area contributed by atoms with E-state index < -0.39 is 5.41 Å². The zero-order valence-electron chi connectivity index (χ0n) is 9.89. The second-order valence-electron chi connectivity index (χ2n) is 4.63. The molecule has 2 nitrogen and oxygen atoms in total. The molecule has 0 N–H and O–H groups in total. The van der Waals surface area contributed by atoms with E-state index in [1.165, 1.54) is 0 Å². The summed E-state index contributed by atoms with van der Waals surface area (Å²) in [5.74, 6) is -0.570. The predicted octanol–water partition coefficient (Wildman–Crippen LogP) is 2.23. The third-order valence-electron chi connectivity index (χ3n) is 2.07. The maximum Gasteiger partial charge on any atom is 0.203 e. The van der Waals surface area contributed by atoms with Crippen LogP contribution < -0.4 is 0 Å². The molecule has 79 valence electrons. The van der Waals surface area contributed by atoms with Crippen LogP contribution in [0.5, 0.6) is 0 Å². The van der Waals surface area contributed by atoms with Gasteiger partial charge in [0.1, 0.15) is 0 Å². The number of rotatable bonds is 4. The maximum atomic E-state index is 11.5. The Morgan fingerprint density at radius 2 is 1.64 bits per heavy atom. The first-order valence-corrected chi connectivity index (χ1v) is 4.89. The van der Waals surface area contributed by atoms with Crippen molar-refractivity contribution in [2.45, 2.75) is 47.5 Å². The number of ketones is 2. The molecule has 0 aromatic carbocycles. The second kappa shape index (κ2) is 6.46. The van der Waals surface area contributed by atoms with Gasteiger partial charge in [-0.2, -0.15) is 0 Å². The molecule has 0 amide bonds. The van der Waals surface area contributed by atoms with Crippen LogP contribution in [0, 0.1) is 11.3 Å². The molecule has 0 saturated heterocycles. The first-order valence-electron chi connectivity index (χ1n) is 4.89. The van der Waals surface area contributed by atoms with Crippen molar-refractivity contribution in [3.63, 3.8) is 0 Å². The Labute approximate surface area is 99.9 Å². The van der Waals surface area contributed by atoms with E-state index >= 15 is 0 Å². The summed E-state index contributed by atoms with van der Waals surface area (Å²) in [5.41, 5.74) is -0.529. The van der Waals surface area contributed by atoms with E-state index in [1.807, 2.05) is 13.8 Å². The smallest absolute Gasteiger partial charge is 0.203 e. The van der Waals surface area contributed by atoms with E-state index in [9.17, 15) is 9.59 Å². The van der Waals surface area contributed by atoms with Crippen molar-refractivity contribution in [3.05, 3.63) is 0 Å². The van der Waals surface area contributed by atoms with Gasteiger partial charge in [0.15, 0.2) is 0 Å². The molecular formula is C11H20GaO2. The van der Waals surface area contributed by atoms with Crippen molar-refractivity contribution in [1.29, 1.82) is 0 Å². The molecular weight excluding hydrogens is 234 g/mol. The molecule has 0 heterocycles. The number of hydrogen-bond donors (Lipinski definition) is 0. The van der Waals surface area contributed by atoms with Crippen LogP contribution in [0.15, 0.2) is 0 Å². The molecule has 0 aromatic heterocycles. The molecule has 3 heteroatoms. The van der Waals surface area contributed by atoms with Gasteiger partial charge >= 0.3 is 0 Å². The van der Waals surface area contributed by atoms with Gasteiger partial charge in [-0.25, -0.2) is 0 Å². The van der Waals surface area contributed by atoms with E-state index in [0.29, 0.717) is 0 Å². The Hall–Kier alpha value is -0.0236. The van der Waals surface area contributed by atoms with Crippen LogP contribution >= 0.6 is 0 Å². The molecule has 0 aromatic rings. The fourth-order valence-electron chi connectivity index (χ4n) is 1.16. The normalized spacial score (nSPS) is 12.9. The molecule has 0 aliphatic rings. The first kappa shape index (κ1) is 16.4. The van der Waals surface area contributed by atoms with Crippen LogP contribution in [-0.2, 0) is 9.59 Å². The molecule has 14 heavy (non-hydrogen) atoms. The van der Waals surface area contributed by atoms with Gasteiger partial charge in [-0.15, -0.1) is 0 Å². The van der Waals surface area contributed by atoms with E-state index in [1.54, 1.807) is 20.8 Å². The fraction of sp³-hybridized carbons (Fsp3) is 0.818. The van der Waals surface area contributed by atoms with Crippen molar-refractivity contribution in [3.8, 4) is 0 Å². The van der Waals surface area contributed by atoms with Crippen molar-refractivity contribution >= 4 is 31.4 Å². The van der Waals surface area contributed by atoms with Gasteiger partial charge in [-0.1, -0.05) is 41.0 Å². The zero-order chi connectivity index (χ0) is 10.6. The van der Waals surface area contributed by atoms with Crippen LogP contribution in [-0.4, -0.2) is 31.4 Å². The Balaban J connectivity index is 0. The van der Waals surface area contributed by atoms with Crippen molar-refractivity contribution in [1.82, 2.24) is 0 Å². The molecule has 0 bridgehead atoms. The Kier molecular flexibility index (Phi) is 7.57. The fourth-order valence-corrected chi connectivity index (χ4v) is 1.16. The largest absolute Gasteiger partial charge is 0.291 e. The van der Waals surface area contributed by atoms with Gasteiger partial charge in [-0.3, -0.25) is 9.59 Å². The van der Waals surface area contributed by atoms with Crippen LogP contribution in [0.4, 0.5) is 0 Å². The minimum absolute atomic E-state index is 0. The van der Waals surface area contributed by atoms with E-state index in [0.717, 1.165) is 12.8 Å². The third-order valence-corrected chi connectivity index (χ3v) is 2.07. The minimum atomic E-state index is -0.529. The van der Waals surface area contributed by atoms with Gasteiger partial charge in [0, 0.05) is 31.1 Å². The van der Waals surface area contributed by atoms with Crippen LogP contribution in [0.2, 0.25) is 0 Å². The molecule has 0 aliphatic heterocycles. The van der Waals surface area contributed by atoms with Gasteiger partial charge in [0.05, 0.1) is 0 Å². The van der Waals surface area contributed by atoms with Gasteiger partial charge in [-0.05, 0) is 6.42 Å². The molecule has 0 aliphatic carbocycles. The minimum Gasteiger partial charge on any atom is -0.291 e. The van der Waals surface area contributed by atoms with E-state index in [-0.39, 0.29) is 37.3 Å². The summed E-state index contributed by atoms with van der Waals surface area (Å²) in [6.07, 6.45) is 1.75. The van der Waals surface area contributed by atoms with Gasteiger partial charge < -0.3 is 0 Å².